The van der Waals surface area contributed by atoms with Crippen LogP contribution in [0.4, 0.5) is 4.39 Å². The molecule has 1 aliphatic heterocycles. The molecular formula is C18H12FNO5. The number of carbonyl (C=O) groups excluding carboxylic acids is 1. The minimum Gasteiger partial charge on any atom is -0.481 e. The first-order valence-electron chi connectivity index (χ1n) is 7.25. The molecule has 0 fully saturated rings. The summed E-state index contributed by atoms with van der Waals surface area (Å²) in [5.41, 5.74) is 0.985. The van der Waals surface area contributed by atoms with Gasteiger partial charge in [-0.2, -0.15) is 0 Å². The van der Waals surface area contributed by atoms with Crippen LogP contribution >= 0.6 is 0 Å². The van der Waals surface area contributed by atoms with Gasteiger partial charge in [0.2, 0.25) is 5.90 Å². The van der Waals surface area contributed by atoms with Gasteiger partial charge in [0.05, 0.1) is 0 Å². The topological polar surface area (TPSA) is 85.2 Å². The lowest BCUT2D eigenvalue weighted by atomic mass is 10.1. The Morgan fingerprint density at radius 3 is 2.64 bits per heavy atom. The average Bonchev–Trinajstić information content (AvgIpc) is 2.95. The van der Waals surface area contributed by atoms with E-state index in [4.69, 9.17) is 14.6 Å². The standard InChI is InChI=1S/C18H12FNO5/c19-13-7-5-11(6-8-13)17-20-14(18(23)25-17)9-12-3-1-2-4-15(12)24-10-16(21)22/h1-9H,10H2,(H,21,22)/b14-9-. The fourth-order valence-corrected chi connectivity index (χ4v) is 2.14. The van der Waals surface area contributed by atoms with Crippen LogP contribution in [-0.4, -0.2) is 29.5 Å². The second-order valence-corrected chi connectivity index (χ2v) is 5.06. The number of esters is 1. The molecule has 0 atom stereocenters. The third-order valence-electron chi connectivity index (χ3n) is 3.27. The van der Waals surface area contributed by atoms with Gasteiger partial charge >= 0.3 is 11.9 Å². The first-order chi connectivity index (χ1) is 12.0. The number of halogens is 1. The van der Waals surface area contributed by atoms with Crippen LogP contribution in [0.25, 0.3) is 6.08 Å². The first kappa shape index (κ1) is 16.4. The van der Waals surface area contributed by atoms with Crippen molar-refractivity contribution in [1.29, 1.82) is 0 Å². The maximum absolute atomic E-state index is 13.0. The summed E-state index contributed by atoms with van der Waals surface area (Å²) in [6.45, 7) is -0.505. The number of nitrogens with zero attached hydrogens (tertiary/aromatic N) is 1. The Bertz CT molecular complexity index is 887. The molecule has 0 saturated carbocycles. The molecule has 2 aromatic carbocycles. The van der Waals surface area contributed by atoms with Gasteiger partial charge < -0.3 is 14.6 Å². The van der Waals surface area contributed by atoms with Crippen molar-refractivity contribution in [3.8, 4) is 5.75 Å². The van der Waals surface area contributed by atoms with Crippen LogP contribution in [0.2, 0.25) is 0 Å². The Labute approximate surface area is 141 Å². The number of carboxylic acids is 1. The summed E-state index contributed by atoms with van der Waals surface area (Å²) in [6.07, 6.45) is 1.44. The number of cyclic esters (lactones) is 1. The highest BCUT2D eigenvalue weighted by molar-refractivity contribution is 6.12. The van der Waals surface area contributed by atoms with Gasteiger partial charge in [-0.05, 0) is 36.4 Å². The quantitative estimate of drug-likeness (QED) is 0.667. The van der Waals surface area contributed by atoms with Gasteiger partial charge in [-0.1, -0.05) is 18.2 Å². The van der Waals surface area contributed by atoms with Crippen LogP contribution in [0.5, 0.6) is 5.75 Å². The molecule has 6 nitrogen and oxygen atoms in total. The van der Waals surface area contributed by atoms with Crippen LogP contribution in [0.3, 0.4) is 0 Å². The minimum absolute atomic E-state index is 0.0331. The molecule has 0 amide bonds. The summed E-state index contributed by atoms with van der Waals surface area (Å²) in [4.78, 5) is 26.7. The summed E-state index contributed by atoms with van der Waals surface area (Å²) in [5.74, 6) is -1.81. The van der Waals surface area contributed by atoms with E-state index in [2.05, 4.69) is 4.99 Å². The van der Waals surface area contributed by atoms with Gasteiger partial charge in [-0.25, -0.2) is 19.0 Å². The van der Waals surface area contributed by atoms with Gasteiger partial charge in [0.1, 0.15) is 11.6 Å². The van der Waals surface area contributed by atoms with E-state index >= 15 is 0 Å². The zero-order chi connectivity index (χ0) is 17.8. The number of ether oxygens (including phenoxy) is 2. The Balaban J connectivity index is 1.89. The molecule has 0 saturated heterocycles. The predicted octanol–water partition coefficient (Wildman–Crippen LogP) is 2.63. The number of hydrogen-bond acceptors (Lipinski definition) is 5. The van der Waals surface area contributed by atoms with Crippen molar-refractivity contribution in [2.75, 3.05) is 6.61 Å². The molecule has 1 N–H and O–H groups in total. The van der Waals surface area contributed by atoms with Gasteiger partial charge in [0.25, 0.3) is 0 Å². The molecule has 0 radical (unpaired) electrons. The first-order valence-corrected chi connectivity index (χ1v) is 7.25. The molecule has 126 valence electrons. The minimum atomic E-state index is -1.11. The third kappa shape index (κ3) is 3.89. The summed E-state index contributed by atoms with van der Waals surface area (Å²) in [7, 11) is 0. The fourth-order valence-electron chi connectivity index (χ4n) is 2.14. The van der Waals surface area contributed by atoms with Crippen molar-refractivity contribution in [3.05, 3.63) is 71.2 Å². The highest BCUT2D eigenvalue weighted by atomic mass is 19.1. The van der Waals surface area contributed by atoms with E-state index in [9.17, 15) is 14.0 Å². The van der Waals surface area contributed by atoms with E-state index < -0.39 is 24.4 Å². The second kappa shape index (κ2) is 6.96. The largest absolute Gasteiger partial charge is 0.481 e. The molecule has 1 aliphatic rings. The van der Waals surface area contributed by atoms with Gasteiger partial charge in [0.15, 0.2) is 12.3 Å². The molecule has 3 rings (SSSR count). The molecule has 0 aliphatic carbocycles. The Kier molecular flexibility index (Phi) is 4.56. The van der Waals surface area contributed by atoms with Crippen molar-refractivity contribution < 1.29 is 28.6 Å². The van der Waals surface area contributed by atoms with Gasteiger partial charge in [-0.3, -0.25) is 0 Å². The lowest BCUT2D eigenvalue weighted by molar-refractivity contribution is -0.139. The van der Waals surface area contributed by atoms with Crippen LogP contribution < -0.4 is 4.74 Å². The predicted molar refractivity (Wildman–Crippen MR) is 86.6 cm³/mol. The monoisotopic (exact) mass is 341 g/mol. The number of para-hydroxylation sites is 1. The number of aliphatic carboxylic acids is 1. The van der Waals surface area contributed by atoms with E-state index in [1.54, 1.807) is 24.3 Å². The van der Waals surface area contributed by atoms with Crippen molar-refractivity contribution in [2.45, 2.75) is 0 Å². The second-order valence-electron chi connectivity index (χ2n) is 5.06. The van der Waals surface area contributed by atoms with E-state index in [1.807, 2.05) is 0 Å². The maximum Gasteiger partial charge on any atom is 0.363 e. The Morgan fingerprint density at radius 2 is 1.92 bits per heavy atom. The van der Waals surface area contributed by atoms with Crippen LogP contribution in [0.15, 0.2) is 59.2 Å². The molecular weight excluding hydrogens is 329 g/mol. The van der Waals surface area contributed by atoms with E-state index in [-0.39, 0.29) is 11.6 Å². The zero-order valence-electron chi connectivity index (χ0n) is 12.8. The smallest absolute Gasteiger partial charge is 0.363 e. The molecule has 7 heteroatoms. The van der Waals surface area contributed by atoms with Gasteiger partial charge in [-0.15, -0.1) is 0 Å². The highest BCUT2D eigenvalue weighted by Crippen LogP contribution is 2.24. The SMILES string of the molecule is O=C(O)COc1ccccc1/C=C1\N=C(c2ccc(F)cc2)OC1=O. The van der Waals surface area contributed by atoms with E-state index in [0.717, 1.165) is 0 Å². The summed E-state index contributed by atoms with van der Waals surface area (Å²) < 4.78 is 23.3. The third-order valence-corrected chi connectivity index (χ3v) is 3.27. The van der Waals surface area contributed by atoms with Crippen LogP contribution in [0, 0.1) is 5.82 Å². The van der Waals surface area contributed by atoms with Crippen LogP contribution in [-0.2, 0) is 14.3 Å². The molecule has 1 heterocycles. The Morgan fingerprint density at radius 1 is 1.20 bits per heavy atom. The summed E-state index contributed by atoms with van der Waals surface area (Å²) in [5, 5.41) is 8.71. The number of rotatable bonds is 5. The van der Waals surface area contributed by atoms with Crippen molar-refractivity contribution in [1.82, 2.24) is 0 Å². The summed E-state index contributed by atoms with van der Waals surface area (Å²) in [6, 6.07) is 12.0. The lowest BCUT2D eigenvalue weighted by Crippen LogP contribution is -2.10. The average molecular weight is 341 g/mol. The highest BCUT2D eigenvalue weighted by Gasteiger charge is 2.24. The van der Waals surface area contributed by atoms with Gasteiger partial charge in [0, 0.05) is 11.1 Å². The molecule has 0 bridgehead atoms. The normalized spacial score (nSPS) is 15.0. The number of carbonyl (C=O) groups is 2. The zero-order valence-corrected chi connectivity index (χ0v) is 12.8. The van der Waals surface area contributed by atoms with E-state index in [0.29, 0.717) is 16.9 Å². The molecule has 0 aromatic heterocycles. The number of hydrogen-bond donors (Lipinski definition) is 1. The lowest BCUT2D eigenvalue weighted by Gasteiger charge is -2.06. The van der Waals surface area contributed by atoms with Crippen LogP contribution in [0.1, 0.15) is 11.1 Å². The fraction of sp³-hybridized carbons (Fsp3) is 0.0556. The van der Waals surface area contributed by atoms with Crippen molar-refractivity contribution in [2.24, 2.45) is 4.99 Å². The molecule has 0 unspecified atom stereocenters. The number of benzene rings is 2. The van der Waals surface area contributed by atoms with Crippen molar-refractivity contribution in [3.63, 3.8) is 0 Å². The molecule has 25 heavy (non-hydrogen) atoms. The van der Waals surface area contributed by atoms with E-state index in [1.165, 1.54) is 30.3 Å². The Hall–Kier alpha value is -3.48. The number of carboxylic acid groups (broad SMARTS) is 1. The molecule has 2 aromatic rings. The molecule has 0 spiro atoms. The van der Waals surface area contributed by atoms with Crippen molar-refractivity contribution >= 4 is 23.9 Å². The number of aliphatic imine (C=N–C) groups is 1. The maximum atomic E-state index is 13.0. The summed E-state index contributed by atoms with van der Waals surface area (Å²) >= 11 is 0.